The first-order valence-corrected chi connectivity index (χ1v) is 12.4. The summed E-state index contributed by atoms with van der Waals surface area (Å²) in [6, 6.07) is 23.6. The van der Waals surface area contributed by atoms with Crippen LogP contribution in [0.15, 0.2) is 89.6 Å². The van der Waals surface area contributed by atoms with Gasteiger partial charge in [-0.3, -0.25) is 0 Å². The second kappa shape index (κ2) is 8.63. The van der Waals surface area contributed by atoms with Gasteiger partial charge in [-0.1, -0.05) is 36.4 Å². The summed E-state index contributed by atoms with van der Waals surface area (Å²) in [7, 11) is 1.38. The largest absolute Gasteiger partial charge is 0.480 e. The van der Waals surface area contributed by atoms with Crippen LogP contribution in [0.2, 0.25) is 0 Å². The Morgan fingerprint density at radius 1 is 1.03 bits per heavy atom. The average molecular weight is 483 g/mol. The zero-order valence-corrected chi connectivity index (χ0v) is 20.0. The summed E-state index contributed by atoms with van der Waals surface area (Å²) < 4.78 is 13.4. The van der Waals surface area contributed by atoms with Gasteiger partial charge in [-0.05, 0) is 53.8 Å². The van der Waals surface area contributed by atoms with Gasteiger partial charge in [-0.2, -0.15) is 10.1 Å². The first-order chi connectivity index (χ1) is 17.2. The third-order valence-corrected chi connectivity index (χ3v) is 7.13. The van der Waals surface area contributed by atoms with E-state index in [1.807, 2.05) is 41.1 Å². The van der Waals surface area contributed by atoms with Crippen LogP contribution in [0.3, 0.4) is 0 Å². The van der Waals surface area contributed by atoms with Gasteiger partial charge in [-0.25, -0.2) is 9.48 Å². The van der Waals surface area contributed by atoms with E-state index in [9.17, 15) is 4.79 Å². The number of carbonyl (C=O) groups is 1. The fraction of sp³-hybridized carbons (Fsp3) is 0.148. The lowest BCUT2D eigenvalue weighted by molar-refractivity contribution is 0.0600. The molecule has 0 amide bonds. The number of aromatic nitrogens is 3. The van der Waals surface area contributed by atoms with Gasteiger partial charge >= 0.3 is 5.97 Å². The molecular formula is C27H22N4O3S. The number of fused-ring (bicyclic) bond motifs is 3. The Bertz CT molecular complexity index is 1440. The molecule has 7 nitrogen and oxygen atoms in total. The van der Waals surface area contributed by atoms with Crippen molar-refractivity contribution in [2.24, 2.45) is 0 Å². The molecule has 3 aromatic carbocycles. The number of esters is 1. The molecule has 0 spiro atoms. The van der Waals surface area contributed by atoms with E-state index in [4.69, 9.17) is 9.47 Å². The topological polar surface area (TPSA) is 78.3 Å². The number of hydrogen-bond donors (Lipinski definition) is 1. The highest BCUT2D eigenvalue weighted by Gasteiger charge is 2.40. The quantitative estimate of drug-likeness (QED) is 0.310. The third kappa shape index (κ3) is 3.57. The molecular weight excluding hydrogens is 460 g/mol. The van der Waals surface area contributed by atoms with E-state index in [0.717, 1.165) is 33.7 Å². The van der Waals surface area contributed by atoms with Crippen LogP contribution in [-0.2, 0) is 4.74 Å². The average Bonchev–Trinajstić information content (AvgIpc) is 3.39. The maximum absolute atomic E-state index is 12.0. The summed E-state index contributed by atoms with van der Waals surface area (Å²) in [5, 5.41) is 8.07. The minimum absolute atomic E-state index is 0.224. The smallest absolute Gasteiger partial charge is 0.337 e. The van der Waals surface area contributed by atoms with Crippen molar-refractivity contribution in [2.45, 2.75) is 17.0 Å². The second-order valence-electron chi connectivity index (χ2n) is 8.27. The number of rotatable bonds is 4. The molecule has 0 fully saturated rings. The molecule has 8 heteroatoms. The van der Waals surface area contributed by atoms with E-state index < -0.39 is 6.10 Å². The van der Waals surface area contributed by atoms with Crippen molar-refractivity contribution in [1.29, 1.82) is 0 Å². The lowest BCUT2D eigenvalue weighted by Crippen LogP contribution is -2.32. The van der Waals surface area contributed by atoms with Crippen molar-refractivity contribution in [3.63, 3.8) is 0 Å². The summed E-state index contributed by atoms with van der Waals surface area (Å²) in [5.41, 5.74) is 5.48. The van der Waals surface area contributed by atoms with Crippen molar-refractivity contribution in [2.75, 3.05) is 18.7 Å². The highest BCUT2D eigenvalue weighted by molar-refractivity contribution is 7.98. The summed E-state index contributed by atoms with van der Waals surface area (Å²) in [5.74, 6) is 1.09. The van der Waals surface area contributed by atoms with Gasteiger partial charge < -0.3 is 14.8 Å². The molecule has 0 aliphatic carbocycles. The van der Waals surface area contributed by atoms with Crippen LogP contribution in [0.5, 0.6) is 5.75 Å². The molecule has 174 valence electrons. The Balaban J connectivity index is 1.55. The Labute approximate surface area is 206 Å². The van der Waals surface area contributed by atoms with Gasteiger partial charge in [0, 0.05) is 16.0 Å². The predicted octanol–water partition coefficient (Wildman–Crippen LogP) is 5.35. The summed E-state index contributed by atoms with van der Waals surface area (Å²) in [6.07, 6.45) is 3.23. The predicted molar refractivity (Wildman–Crippen MR) is 135 cm³/mol. The highest BCUT2D eigenvalue weighted by atomic mass is 32.2. The standard InChI is InChI=1S/C27H22N4O3S/c1-33-26(32)18-9-7-17(8-10-18)25-22-23(20-5-3-4-6-21(20)34-25)30-27-28-15-29-31(27)24(22)16-11-13-19(35-2)14-12-16/h3-15,24-25H,1-2H3,(H,28,29,30). The third-order valence-electron chi connectivity index (χ3n) is 6.39. The lowest BCUT2D eigenvalue weighted by atomic mass is 9.84. The van der Waals surface area contributed by atoms with Gasteiger partial charge in [-0.15, -0.1) is 11.8 Å². The molecule has 0 radical (unpaired) electrons. The molecule has 2 aliphatic heterocycles. The summed E-state index contributed by atoms with van der Waals surface area (Å²) in [4.78, 5) is 17.7. The normalized spacial score (nSPS) is 18.0. The van der Waals surface area contributed by atoms with E-state index in [0.29, 0.717) is 11.5 Å². The fourth-order valence-electron chi connectivity index (χ4n) is 4.71. The zero-order valence-electron chi connectivity index (χ0n) is 19.1. The van der Waals surface area contributed by atoms with Crippen LogP contribution in [0.25, 0.3) is 5.70 Å². The lowest BCUT2D eigenvalue weighted by Gasteiger charge is -2.39. The maximum atomic E-state index is 12.0. The first-order valence-electron chi connectivity index (χ1n) is 11.2. The van der Waals surface area contributed by atoms with E-state index in [-0.39, 0.29) is 12.0 Å². The minimum Gasteiger partial charge on any atom is -0.480 e. The molecule has 0 bridgehead atoms. The number of carbonyl (C=O) groups excluding carboxylic acids is 1. The second-order valence-corrected chi connectivity index (χ2v) is 9.15. The Kier molecular flexibility index (Phi) is 5.30. The fourth-order valence-corrected chi connectivity index (χ4v) is 5.12. The van der Waals surface area contributed by atoms with Crippen LogP contribution in [0.4, 0.5) is 5.95 Å². The molecule has 35 heavy (non-hydrogen) atoms. The maximum Gasteiger partial charge on any atom is 0.337 e. The Morgan fingerprint density at radius 3 is 2.51 bits per heavy atom. The number of methoxy groups -OCH3 is 1. The van der Waals surface area contributed by atoms with Crippen molar-refractivity contribution >= 4 is 29.4 Å². The van der Waals surface area contributed by atoms with Crippen LogP contribution in [0.1, 0.15) is 39.2 Å². The van der Waals surface area contributed by atoms with E-state index >= 15 is 0 Å². The number of anilines is 1. The molecule has 0 saturated heterocycles. The van der Waals surface area contributed by atoms with Gasteiger partial charge in [0.2, 0.25) is 5.95 Å². The molecule has 2 aliphatic rings. The highest BCUT2D eigenvalue weighted by Crippen LogP contribution is 2.50. The Morgan fingerprint density at radius 2 is 1.77 bits per heavy atom. The number of hydrogen-bond acceptors (Lipinski definition) is 7. The molecule has 0 saturated carbocycles. The molecule has 6 rings (SSSR count). The first kappa shape index (κ1) is 21.5. The summed E-state index contributed by atoms with van der Waals surface area (Å²) in [6.45, 7) is 0. The van der Waals surface area contributed by atoms with Crippen molar-refractivity contribution in [3.8, 4) is 5.75 Å². The zero-order chi connectivity index (χ0) is 23.9. The van der Waals surface area contributed by atoms with Gasteiger partial charge in [0.15, 0.2) is 0 Å². The number of thioether (sulfide) groups is 1. The number of nitrogens with zero attached hydrogens (tertiary/aromatic N) is 3. The van der Waals surface area contributed by atoms with E-state index in [1.165, 1.54) is 12.0 Å². The SMILES string of the molecule is COC(=O)c1ccc(C2Oc3ccccc3C3=C2C(c2ccc(SC)cc2)n2ncnc2N3)cc1. The van der Waals surface area contributed by atoms with Crippen molar-refractivity contribution < 1.29 is 14.3 Å². The van der Waals surface area contributed by atoms with E-state index in [1.54, 1.807) is 30.2 Å². The Hall–Kier alpha value is -4.04. The van der Waals surface area contributed by atoms with Crippen LogP contribution >= 0.6 is 11.8 Å². The summed E-state index contributed by atoms with van der Waals surface area (Å²) >= 11 is 1.71. The number of ether oxygens (including phenoxy) is 2. The molecule has 4 aromatic rings. The number of para-hydroxylation sites is 1. The van der Waals surface area contributed by atoms with Crippen LogP contribution in [0, 0.1) is 0 Å². The van der Waals surface area contributed by atoms with Crippen molar-refractivity contribution in [1.82, 2.24) is 14.8 Å². The van der Waals surface area contributed by atoms with Crippen LogP contribution < -0.4 is 10.1 Å². The minimum atomic E-state index is -0.401. The van der Waals surface area contributed by atoms with E-state index in [2.05, 4.69) is 45.9 Å². The molecule has 1 aromatic heterocycles. The molecule has 3 heterocycles. The molecule has 2 unspecified atom stereocenters. The van der Waals surface area contributed by atoms with Gasteiger partial charge in [0.05, 0.1) is 18.4 Å². The number of nitrogens with one attached hydrogen (secondary N) is 1. The van der Waals surface area contributed by atoms with Gasteiger partial charge in [0.1, 0.15) is 24.2 Å². The monoisotopic (exact) mass is 482 g/mol. The van der Waals surface area contributed by atoms with Crippen molar-refractivity contribution in [3.05, 3.63) is 107 Å². The van der Waals surface area contributed by atoms with Gasteiger partial charge in [0.25, 0.3) is 0 Å². The molecule has 2 atom stereocenters. The molecule has 1 N–H and O–H groups in total. The van der Waals surface area contributed by atoms with Crippen LogP contribution in [-0.4, -0.2) is 34.1 Å². The number of benzene rings is 3.